The van der Waals surface area contributed by atoms with Crippen LogP contribution in [0, 0.1) is 11.3 Å². The normalized spacial score (nSPS) is 12.6. The van der Waals surface area contributed by atoms with Crippen LogP contribution >= 0.6 is 0 Å². The van der Waals surface area contributed by atoms with E-state index in [9.17, 15) is 18.0 Å². The van der Waals surface area contributed by atoms with Crippen molar-refractivity contribution in [3.8, 4) is 6.07 Å². The van der Waals surface area contributed by atoms with Gasteiger partial charge in [-0.3, -0.25) is 4.79 Å². The quantitative estimate of drug-likeness (QED) is 0.764. The zero-order valence-corrected chi connectivity index (χ0v) is 8.90. The third-order valence-corrected chi connectivity index (χ3v) is 2.26. The Labute approximate surface area is 96.1 Å². The van der Waals surface area contributed by atoms with Crippen molar-refractivity contribution in [2.45, 2.75) is 12.2 Å². The summed E-state index contributed by atoms with van der Waals surface area (Å²) in [6, 6.07) is 5.14. The summed E-state index contributed by atoms with van der Waals surface area (Å²) in [6.45, 7) is 0. The van der Waals surface area contributed by atoms with Gasteiger partial charge in [0.15, 0.2) is 0 Å². The highest BCUT2D eigenvalue weighted by atomic mass is 19.4. The van der Waals surface area contributed by atoms with Crippen LogP contribution in [0.15, 0.2) is 24.3 Å². The fraction of sp³-hybridized carbons (Fsp3) is 0.273. The third kappa shape index (κ3) is 2.75. The maximum atomic E-state index is 12.7. The molecule has 0 saturated carbocycles. The minimum Gasteiger partial charge on any atom is -0.328 e. The van der Waals surface area contributed by atoms with Gasteiger partial charge in [-0.2, -0.15) is 18.4 Å². The lowest BCUT2D eigenvalue weighted by molar-refractivity contribution is -0.139. The minimum absolute atomic E-state index is 0.225. The van der Waals surface area contributed by atoms with Crippen LogP contribution in [0.25, 0.3) is 0 Å². The summed E-state index contributed by atoms with van der Waals surface area (Å²) >= 11 is 0. The topological polar surface area (TPSA) is 44.1 Å². The van der Waals surface area contributed by atoms with E-state index in [2.05, 4.69) is 0 Å². The second-order valence-electron chi connectivity index (χ2n) is 3.39. The van der Waals surface area contributed by atoms with Gasteiger partial charge in [-0.1, -0.05) is 18.2 Å². The maximum absolute atomic E-state index is 12.7. The highest BCUT2D eigenvalue weighted by Gasteiger charge is 2.35. The van der Waals surface area contributed by atoms with E-state index in [0.717, 1.165) is 11.0 Å². The van der Waals surface area contributed by atoms with Crippen LogP contribution in [-0.2, 0) is 11.0 Å². The molecule has 1 aromatic rings. The Morgan fingerprint density at radius 1 is 1.41 bits per heavy atom. The van der Waals surface area contributed by atoms with Crippen molar-refractivity contribution in [1.82, 2.24) is 4.90 Å². The second kappa shape index (κ2) is 4.87. The number of carbonyl (C=O) groups excluding carboxylic acids is 1. The van der Waals surface area contributed by atoms with Crippen LogP contribution in [0.5, 0.6) is 0 Å². The molecule has 0 aliphatic heterocycles. The summed E-state index contributed by atoms with van der Waals surface area (Å²) in [4.78, 5) is 11.4. The largest absolute Gasteiger partial charge is 0.416 e. The molecule has 0 radical (unpaired) electrons. The van der Waals surface area contributed by atoms with Gasteiger partial charge in [0.2, 0.25) is 6.41 Å². The Kier molecular flexibility index (Phi) is 3.73. The van der Waals surface area contributed by atoms with E-state index in [4.69, 9.17) is 5.26 Å². The van der Waals surface area contributed by atoms with Crippen molar-refractivity contribution in [1.29, 1.82) is 5.26 Å². The third-order valence-electron chi connectivity index (χ3n) is 2.26. The van der Waals surface area contributed by atoms with Gasteiger partial charge in [0.1, 0.15) is 6.04 Å². The van der Waals surface area contributed by atoms with Gasteiger partial charge in [-0.05, 0) is 6.07 Å². The number of halogens is 3. The van der Waals surface area contributed by atoms with E-state index >= 15 is 0 Å². The van der Waals surface area contributed by atoms with Crippen molar-refractivity contribution in [2.24, 2.45) is 0 Å². The van der Waals surface area contributed by atoms with Gasteiger partial charge < -0.3 is 4.90 Å². The van der Waals surface area contributed by atoms with Crippen LogP contribution in [-0.4, -0.2) is 18.4 Å². The lowest BCUT2D eigenvalue weighted by Crippen LogP contribution is -2.24. The number of alkyl halides is 3. The fourth-order valence-electron chi connectivity index (χ4n) is 1.43. The molecule has 0 aliphatic rings. The van der Waals surface area contributed by atoms with Crippen LogP contribution in [0.1, 0.15) is 17.2 Å². The van der Waals surface area contributed by atoms with E-state index in [0.29, 0.717) is 6.41 Å². The Bertz CT molecular complexity index is 451. The van der Waals surface area contributed by atoms with Crippen molar-refractivity contribution in [3.05, 3.63) is 35.4 Å². The Balaban J connectivity index is 3.31. The van der Waals surface area contributed by atoms with Crippen molar-refractivity contribution in [2.75, 3.05) is 7.05 Å². The standard InChI is InChI=1S/C11H9F3N2O/c1-16(7-17)10(6-15)8-4-2-3-5-9(8)11(12,13)14/h2-5,7,10H,1H3. The van der Waals surface area contributed by atoms with E-state index < -0.39 is 17.8 Å². The average molecular weight is 242 g/mol. The van der Waals surface area contributed by atoms with E-state index in [1.165, 1.54) is 25.2 Å². The van der Waals surface area contributed by atoms with Gasteiger partial charge in [0, 0.05) is 12.6 Å². The zero-order chi connectivity index (χ0) is 13.1. The predicted octanol–water partition coefficient (Wildman–Crippen LogP) is 2.36. The number of nitrogens with zero attached hydrogens (tertiary/aromatic N) is 2. The molecule has 6 heteroatoms. The summed E-state index contributed by atoms with van der Waals surface area (Å²) in [5.41, 5.74) is -1.13. The molecular formula is C11H9F3N2O. The van der Waals surface area contributed by atoms with E-state index in [1.807, 2.05) is 0 Å². The molecule has 17 heavy (non-hydrogen) atoms. The molecular weight excluding hydrogens is 233 g/mol. The Hall–Kier alpha value is -2.03. The van der Waals surface area contributed by atoms with Crippen LogP contribution in [0.4, 0.5) is 13.2 Å². The molecule has 1 rings (SSSR count). The predicted molar refractivity (Wildman–Crippen MR) is 53.6 cm³/mol. The molecule has 0 aliphatic carbocycles. The summed E-state index contributed by atoms with van der Waals surface area (Å²) in [6.07, 6.45) is -4.23. The first-order chi connectivity index (χ1) is 7.91. The molecule has 0 fully saturated rings. The summed E-state index contributed by atoms with van der Waals surface area (Å²) in [5.74, 6) is 0. The second-order valence-corrected chi connectivity index (χ2v) is 3.39. The number of benzene rings is 1. The lowest BCUT2D eigenvalue weighted by Gasteiger charge is -2.21. The molecule has 1 amide bonds. The Morgan fingerprint density at radius 3 is 2.47 bits per heavy atom. The Morgan fingerprint density at radius 2 is 2.00 bits per heavy atom. The summed E-state index contributed by atoms with van der Waals surface area (Å²) in [5, 5.41) is 8.85. The number of hydrogen-bond acceptors (Lipinski definition) is 2. The lowest BCUT2D eigenvalue weighted by atomic mass is 10.00. The van der Waals surface area contributed by atoms with Crippen LogP contribution < -0.4 is 0 Å². The molecule has 0 spiro atoms. The zero-order valence-electron chi connectivity index (χ0n) is 8.90. The summed E-state index contributed by atoms with van der Waals surface area (Å²) < 4.78 is 38.1. The fourth-order valence-corrected chi connectivity index (χ4v) is 1.43. The van der Waals surface area contributed by atoms with Crippen molar-refractivity contribution >= 4 is 6.41 Å². The SMILES string of the molecule is CN(C=O)C(C#N)c1ccccc1C(F)(F)F. The van der Waals surface area contributed by atoms with Crippen molar-refractivity contribution < 1.29 is 18.0 Å². The number of hydrogen-bond donors (Lipinski definition) is 0. The van der Waals surface area contributed by atoms with Gasteiger partial charge in [0.05, 0.1) is 11.6 Å². The highest BCUT2D eigenvalue weighted by Crippen LogP contribution is 2.35. The first-order valence-corrected chi connectivity index (χ1v) is 4.64. The molecule has 1 atom stereocenters. The van der Waals surface area contributed by atoms with Gasteiger partial charge in [-0.25, -0.2) is 0 Å². The summed E-state index contributed by atoms with van der Waals surface area (Å²) in [7, 11) is 1.26. The number of carbonyl (C=O) groups is 1. The minimum atomic E-state index is -4.55. The number of nitriles is 1. The number of amides is 1. The number of rotatable bonds is 3. The molecule has 90 valence electrons. The first kappa shape index (κ1) is 13.0. The molecule has 0 saturated heterocycles. The van der Waals surface area contributed by atoms with Gasteiger partial charge >= 0.3 is 6.18 Å². The van der Waals surface area contributed by atoms with E-state index in [-0.39, 0.29) is 5.56 Å². The van der Waals surface area contributed by atoms with Crippen LogP contribution in [0.3, 0.4) is 0 Å². The molecule has 0 N–H and O–H groups in total. The molecule has 0 bridgehead atoms. The van der Waals surface area contributed by atoms with Crippen molar-refractivity contribution in [3.63, 3.8) is 0 Å². The molecule has 1 unspecified atom stereocenters. The molecule has 0 heterocycles. The van der Waals surface area contributed by atoms with Gasteiger partial charge in [0.25, 0.3) is 0 Å². The molecule has 1 aromatic carbocycles. The van der Waals surface area contributed by atoms with Gasteiger partial charge in [-0.15, -0.1) is 0 Å². The average Bonchev–Trinajstić information content (AvgIpc) is 2.29. The highest BCUT2D eigenvalue weighted by molar-refractivity contribution is 5.50. The smallest absolute Gasteiger partial charge is 0.328 e. The maximum Gasteiger partial charge on any atom is 0.416 e. The molecule has 3 nitrogen and oxygen atoms in total. The first-order valence-electron chi connectivity index (χ1n) is 4.64. The monoisotopic (exact) mass is 242 g/mol. The van der Waals surface area contributed by atoms with Crippen LogP contribution in [0.2, 0.25) is 0 Å². The van der Waals surface area contributed by atoms with E-state index in [1.54, 1.807) is 6.07 Å². The molecule has 0 aromatic heterocycles.